The van der Waals surface area contributed by atoms with Crippen molar-refractivity contribution in [1.82, 2.24) is 5.32 Å². The van der Waals surface area contributed by atoms with E-state index in [9.17, 15) is 8.42 Å². The molecule has 0 bridgehead atoms. The van der Waals surface area contributed by atoms with Gasteiger partial charge >= 0.3 is 0 Å². The Morgan fingerprint density at radius 2 is 2.06 bits per heavy atom. The van der Waals surface area contributed by atoms with Gasteiger partial charge in [-0.05, 0) is 33.2 Å². The topological polar surface area (TPSA) is 55.4 Å². The minimum atomic E-state index is -2.94. The molecule has 2 atom stereocenters. The zero-order chi connectivity index (χ0) is 12.9. The summed E-state index contributed by atoms with van der Waals surface area (Å²) in [5.74, 6) is 0.335. The van der Waals surface area contributed by atoms with Crippen LogP contribution in [0.25, 0.3) is 0 Å². The van der Waals surface area contributed by atoms with Crippen molar-refractivity contribution in [1.29, 1.82) is 0 Å². The third kappa shape index (κ3) is 4.56. The molecular formula is C12H25NO3S. The van der Waals surface area contributed by atoms with Crippen molar-refractivity contribution < 1.29 is 13.2 Å². The molecule has 1 N–H and O–H groups in total. The average molecular weight is 263 g/mol. The molecule has 2 unspecified atom stereocenters. The van der Waals surface area contributed by atoms with Gasteiger partial charge in [0.25, 0.3) is 0 Å². The Kier molecular flexibility index (Phi) is 5.89. The Labute approximate surface area is 105 Å². The summed E-state index contributed by atoms with van der Waals surface area (Å²) < 4.78 is 29.7. The summed E-state index contributed by atoms with van der Waals surface area (Å²) in [6.07, 6.45) is 2.72. The largest absolute Gasteiger partial charge is 0.377 e. The second-order valence-corrected chi connectivity index (χ2v) is 7.29. The van der Waals surface area contributed by atoms with E-state index in [2.05, 4.69) is 5.32 Å². The standard InChI is InChI=1S/C12H25NO3S/c1-4-13-11(9-16-10(2)3)12-7-5-6-8-17(12,14)15/h10-13H,4-9H2,1-3H3. The van der Waals surface area contributed by atoms with Crippen molar-refractivity contribution in [3.63, 3.8) is 0 Å². The molecule has 0 radical (unpaired) electrons. The summed E-state index contributed by atoms with van der Waals surface area (Å²) in [7, 11) is -2.94. The van der Waals surface area contributed by atoms with E-state index in [0.717, 1.165) is 25.8 Å². The zero-order valence-corrected chi connectivity index (χ0v) is 11.9. The van der Waals surface area contributed by atoms with E-state index in [1.807, 2.05) is 20.8 Å². The van der Waals surface area contributed by atoms with Crippen molar-refractivity contribution in [2.75, 3.05) is 18.9 Å². The van der Waals surface area contributed by atoms with Gasteiger partial charge in [-0.25, -0.2) is 8.42 Å². The van der Waals surface area contributed by atoms with Gasteiger partial charge in [0.1, 0.15) is 0 Å². The van der Waals surface area contributed by atoms with E-state index >= 15 is 0 Å². The maximum absolute atomic E-state index is 12.0. The molecule has 0 saturated carbocycles. The first-order valence-corrected chi connectivity index (χ1v) is 8.25. The van der Waals surface area contributed by atoms with E-state index in [-0.39, 0.29) is 17.4 Å². The van der Waals surface area contributed by atoms with Gasteiger partial charge < -0.3 is 10.1 Å². The van der Waals surface area contributed by atoms with Crippen LogP contribution in [-0.4, -0.2) is 44.7 Å². The Morgan fingerprint density at radius 1 is 1.35 bits per heavy atom. The van der Waals surface area contributed by atoms with E-state index in [4.69, 9.17) is 4.74 Å². The molecule has 17 heavy (non-hydrogen) atoms. The van der Waals surface area contributed by atoms with E-state index in [1.165, 1.54) is 0 Å². The summed E-state index contributed by atoms with van der Waals surface area (Å²) >= 11 is 0. The van der Waals surface area contributed by atoms with Gasteiger partial charge in [-0.2, -0.15) is 0 Å². The summed E-state index contributed by atoms with van der Waals surface area (Å²) in [5, 5.41) is 2.99. The average Bonchev–Trinajstić information content (AvgIpc) is 2.24. The van der Waals surface area contributed by atoms with Crippen molar-refractivity contribution in [3.05, 3.63) is 0 Å². The monoisotopic (exact) mass is 263 g/mol. The van der Waals surface area contributed by atoms with Crippen LogP contribution in [0.3, 0.4) is 0 Å². The number of hydrogen-bond acceptors (Lipinski definition) is 4. The predicted octanol–water partition coefficient (Wildman–Crippen LogP) is 1.36. The first kappa shape index (κ1) is 14.9. The zero-order valence-electron chi connectivity index (χ0n) is 11.1. The minimum Gasteiger partial charge on any atom is -0.377 e. The predicted molar refractivity (Wildman–Crippen MR) is 70.0 cm³/mol. The van der Waals surface area contributed by atoms with E-state index in [1.54, 1.807) is 0 Å². The second kappa shape index (κ2) is 6.71. The molecule has 0 amide bonds. The summed E-state index contributed by atoms with van der Waals surface area (Å²) in [6.45, 7) is 7.20. The number of hydrogen-bond donors (Lipinski definition) is 1. The SMILES string of the molecule is CCNC(COC(C)C)C1CCCCS1(=O)=O. The molecule has 4 nitrogen and oxygen atoms in total. The normalized spacial score (nSPS) is 26.0. The van der Waals surface area contributed by atoms with Gasteiger partial charge in [0.05, 0.1) is 23.7 Å². The highest BCUT2D eigenvalue weighted by atomic mass is 32.2. The van der Waals surface area contributed by atoms with Crippen LogP contribution < -0.4 is 5.32 Å². The Bertz CT molecular complexity index is 314. The molecule has 1 aliphatic heterocycles. The maximum atomic E-state index is 12.0. The Morgan fingerprint density at radius 3 is 2.59 bits per heavy atom. The molecule has 1 fully saturated rings. The number of likely N-dealkylation sites (N-methyl/N-ethyl adjacent to an activating group) is 1. The number of nitrogens with one attached hydrogen (secondary N) is 1. The van der Waals surface area contributed by atoms with Crippen LogP contribution in [0, 0.1) is 0 Å². The fourth-order valence-corrected chi connectivity index (χ4v) is 4.40. The van der Waals surface area contributed by atoms with Gasteiger partial charge in [0.15, 0.2) is 9.84 Å². The van der Waals surface area contributed by atoms with Crippen molar-refractivity contribution >= 4 is 9.84 Å². The van der Waals surface area contributed by atoms with Crippen LogP contribution >= 0.6 is 0 Å². The Balaban J connectivity index is 2.67. The third-order valence-corrected chi connectivity index (χ3v) is 5.50. The molecule has 0 spiro atoms. The quantitative estimate of drug-likeness (QED) is 0.786. The molecule has 102 valence electrons. The lowest BCUT2D eigenvalue weighted by Crippen LogP contribution is -2.49. The summed E-state index contributed by atoms with van der Waals surface area (Å²) in [6, 6.07) is -0.0623. The van der Waals surface area contributed by atoms with Crippen LogP contribution in [0.1, 0.15) is 40.0 Å². The molecule has 0 aliphatic carbocycles. The van der Waals surface area contributed by atoms with Crippen LogP contribution in [0.15, 0.2) is 0 Å². The molecule has 0 aromatic heterocycles. The van der Waals surface area contributed by atoms with Gasteiger partial charge in [0, 0.05) is 6.04 Å². The molecule has 0 aromatic carbocycles. The lowest BCUT2D eigenvalue weighted by atomic mass is 10.1. The van der Waals surface area contributed by atoms with Crippen LogP contribution in [0.5, 0.6) is 0 Å². The van der Waals surface area contributed by atoms with Crippen LogP contribution in [-0.2, 0) is 14.6 Å². The fourth-order valence-electron chi connectivity index (χ4n) is 2.29. The number of sulfone groups is 1. The number of rotatable bonds is 6. The van der Waals surface area contributed by atoms with Gasteiger partial charge in [0.2, 0.25) is 0 Å². The summed E-state index contributed by atoms with van der Waals surface area (Å²) in [4.78, 5) is 0. The fraction of sp³-hybridized carbons (Fsp3) is 1.00. The molecule has 1 heterocycles. The summed E-state index contributed by atoms with van der Waals surface area (Å²) in [5.41, 5.74) is 0. The van der Waals surface area contributed by atoms with Crippen molar-refractivity contribution in [2.45, 2.75) is 57.4 Å². The first-order valence-electron chi connectivity index (χ1n) is 6.54. The number of ether oxygens (including phenoxy) is 1. The van der Waals surface area contributed by atoms with Crippen molar-refractivity contribution in [2.24, 2.45) is 0 Å². The van der Waals surface area contributed by atoms with Gasteiger partial charge in [-0.3, -0.25) is 0 Å². The highest BCUT2D eigenvalue weighted by Crippen LogP contribution is 2.22. The van der Waals surface area contributed by atoms with Gasteiger partial charge in [-0.15, -0.1) is 0 Å². The molecule has 1 rings (SSSR count). The highest BCUT2D eigenvalue weighted by molar-refractivity contribution is 7.92. The maximum Gasteiger partial charge on any atom is 0.154 e. The Hall–Kier alpha value is -0.130. The molecule has 0 aromatic rings. The molecule has 1 aliphatic rings. The molecular weight excluding hydrogens is 238 g/mol. The van der Waals surface area contributed by atoms with Gasteiger partial charge in [-0.1, -0.05) is 13.3 Å². The lowest BCUT2D eigenvalue weighted by molar-refractivity contribution is 0.0597. The minimum absolute atomic E-state index is 0.0623. The second-order valence-electron chi connectivity index (χ2n) is 4.95. The third-order valence-electron chi connectivity index (χ3n) is 3.15. The van der Waals surface area contributed by atoms with Crippen LogP contribution in [0.2, 0.25) is 0 Å². The van der Waals surface area contributed by atoms with Crippen LogP contribution in [0.4, 0.5) is 0 Å². The van der Waals surface area contributed by atoms with E-state index in [0.29, 0.717) is 12.4 Å². The first-order chi connectivity index (χ1) is 7.97. The van der Waals surface area contributed by atoms with Crippen molar-refractivity contribution in [3.8, 4) is 0 Å². The molecule has 1 saturated heterocycles. The molecule has 5 heteroatoms. The smallest absolute Gasteiger partial charge is 0.154 e. The lowest BCUT2D eigenvalue weighted by Gasteiger charge is -2.31. The van der Waals surface area contributed by atoms with E-state index < -0.39 is 9.84 Å². The highest BCUT2D eigenvalue weighted by Gasteiger charge is 2.35.